The minimum Gasteiger partial charge on any atom is -0.384 e. The molecule has 1 aromatic heterocycles. The average Bonchev–Trinajstić information content (AvgIpc) is 2.39. The molecule has 1 aromatic rings. The van der Waals surface area contributed by atoms with Crippen molar-refractivity contribution in [3.05, 3.63) is 24.0 Å². The molecular formula is C14H23N3O. The van der Waals surface area contributed by atoms with E-state index in [2.05, 4.69) is 29.5 Å². The molecule has 2 N–H and O–H groups in total. The summed E-state index contributed by atoms with van der Waals surface area (Å²) in [4.78, 5) is 16.1. The predicted molar refractivity (Wildman–Crippen MR) is 74.9 cm³/mol. The maximum absolute atomic E-state index is 12.0. The van der Waals surface area contributed by atoms with Crippen LogP contribution in [0.1, 0.15) is 50.5 Å². The lowest BCUT2D eigenvalue weighted by Crippen LogP contribution is -2.34. The van der Waals surface area contributed by atoms with Gasteiger partial charge in [0.15, 0.2) is 0 Å². The Morgan fingerprint density at radius 3 is 2.61 bits per heavy atom. The van der Waals surface area contributed by atoms with Crippen LogP contribution in [0, 0.1) is 0 Å². The van der Waals surface area contributed by atoms with Crippen molar-refractivity contribution in [2.45, 2.75) is 46.1 Å². The molecule has 1 heterocycles. The number of pyridine rings is 1. The van der Waals surface area contributed by atoms with Gasteiger partial charge in [-0.2, -0.15) is 0 Å². The van der Waals surface area contributed by atoms with E-state index >= 15 is 0 Å². The number of hydrogen-bond donors (Lipinski definition) is 2. The molecule has 0 saturated carbocycles. The smallest absolute Gasteiger partial charge is 0.270 e. The number of amides is 1. The Kier molecular flexibility index (Phi) is 6.19. The summed E-state index contributed by atoms with van der Waals surface area (Å²) >= 11 is 0. The van der Waals surface area contributed by atoms with E-state index in [0.29, 0.717) is 5.69 Å². The first-order valence-corrected chi connectivity index (χ1v) is 6.72. The molecule has 0 aliphatic rings. The SMILES string of the molecule is CCCC(CC)NC(=O)c1ccc(NCC)cn1. The third-order valence-electron chi connectivity index (χ3n) is 2.84. The van der Waals surface area contributed by atoms with Crippen LogP contribution in [0.25, 0.3) is 0 Å². The molecule has 1 rings (SSSR count). The minimum absolute atomic E-state index is 0.0849. The van der Waals surface area contributed by atoms with Crippen LogP contribution >= 0.6 is 0 Å². The van der Waals surface area contributed by atoms with Gasteiger partial charge in [-0.1, -0.05) is 20.3 Å². The highest BCUT2D eigenvalue weighted by atomic mass is 16.1. The van der Waals surface area contributed by atoms with Crippen molar-refractivity contribution in [1.82, 2.24) is 10.3 Å². The molecule has 0 aromatic carbocycles. The predicted octanol–water partition coefficient (Wildman–Crippen LogP) is 2.82. The first-order chi connectivity index (χ1) is 8.71. The molecule has 0 radical (unpaired) electrons. The second-order valence-electron chi connectivity index (χ2n) is 4.33. The Bertz CT molecular complexity index is 362. The number of hydrogen-bond acceptors (Lipinski definition) is 3. The van der Waals surface area contributed by atoms with Crippen molar-refractivity contribution < 1.29 is 4.79 Å². The molecule has 0 aliphatic heterocycles. The summed E-state index contributed by atoms with van der Waals surface area (Å²) in [6.45, 7) is 7.08. The van der Waals surface area contributed by atoms with Crippen LogP contribution in [0.4, 0.5) is 5.69 Å². The van der Waals surface area contributed by atoms with Gasteiger partial charge in [-0.05, 0) is 31.9 Å². The van der Waals surface area contributed by atoms with Gasteiger partial charge in [-0.25, -0.2) is 4.98 Å². The molecule has 1 atom stereocenters. The fourth-order valence-electron chi connectivity index (χ4n) is 1.82. The lowest BCUT2D eigenvalue weighted by Gasteiger charge is -2.15. The van der Waals surface area contributed by atoms with Gasteiger partial charge in [0.25, 0.3) is 5.91 Å². The number of rotatable bonds is 7. The van der Waals surface area contributed by atoms with Crippen LogP contribution in [0.15, 0.2) is 18.3 Å². The second-order valence-corrected chi connectivity index (χ2v) is 4.33. The summed E-state index contributed by atoms with van der Waals surface area (Å²) in [5.74, 6) is -0.0849. The highest BCUT2D eigenvalue weighted by Crippen LogP contribution is 2.07. The maximum atomic E-state index is 12.0. The van der Waals surface area contributed by atoms with E-state index in [-0.39, 0.29) is 11.9 Å². The van der Waals surface area contributed by atoms with Crippen LogP contribution in [-0.2, 0) is 0 Å². The van der Waals surface area contributed by atoms with Crippen LogP contribution in [0.5, 0.6) is 0 Å². The fourth-order valence-corrected chi connectivity index (χ4v) is 1.82. The summed E-state index contributed by atoms with van der Waals surface area (Å²) in [6.07, 6.45) is 4.73. The zero-order valence-electron chi connectivity index (χ0n) is 11.5. The zero-order valence-corrected chi connectivity index (χ0v) is 11.5. The van der Waals surface area contributed by atoms with E-state index in [0.717, 1.165) is 31.5 Å². The van der Waals surface area contributed by atoms with Crippen molar-refractivity contribution >= 4 is 11.6 Å². The summed E-state index contributed by atoms with van der Waals surface area (Å²) in [6, 6.07) is 3.88. The van der Waals surface area contributed by atoms with Crippen LogP contribution < -0.4 is 10.6 Å². The Morgan fingerprint density at radius 1 is 1.33 bits per heavy atom. The van der Waals surface area contributed by atoms with E-state index in [1.165, 1.54) is 0 Å². The first-order valence-electron chi connectivity index (χ1n) is 6.72. The standard InChI is InChI=1S/C14H23N3O/c1-4-7-11(5-2)17-14(18)13-9-8-12(10-16-13)15-6-3/h8-11,15H,4-7H2,1-3H3,(H,17,18). The second kappa shape index (κ2) is 7.69. The fraction of sp³-hybridized carbons (Fsp3) is 0.571. The molecule has 0 bridgehead atoms. The number of carbonyl (C=O) groups excluding carboxylic acids is 1. The number of nitrogens with zero attached hydrogens (tertiary/aromatic N) is 1. The minimum atomic E-state index is -0.0849. The maximum Gasteiger partial charge on any atom is 0.270 e. The molecule has 0 saturated heterocycles. The monoisotopic (exact) mass is 249 g/mol. The van der Waals surface area contributed by atoms with Crippen molar-refractivity contribution in [3.63, 3.8) is 0 Å². The molecule has 100 valence electrons. The highest BCUT2D eigenvalue weighted by molar-refractivity contribution is 5.92. The van der Waals surface area contributed by atoms with Crippen LogP contribution in [-0.4, -0.2) is 23.5 Å². The number of carbonyl (C=O) groups is 1. The Hall–Kier alpha value is -1.58. The molecule has 4 heteroatoms. The van der Waals surface area contributed by atoms with E-state index < -0.39 is 0 Å². The normalized spacial score (nSPS) is 11.9. The van der Waals surface area contributed by atoms with Gasteiger partial charge in [0, 0.05) is 12.6 Å². The molecule has 0 spiro atoms. The molecule has 4 nitrogen and oxygen atoms in total. The topological polar surface area (TPSA) is 54.0 Å². The lowest BCUT2D eigenvalue weighted by atomic mass is 10.1. The Labute approximate surface area is 109 Å². The van der Waals surface area contributed by atoms with Crippen LogP contribution in [0.2, 0.25) is 0 Å². The highest BCUT2D eigenvalue weighted by Gasteiger charge is 2.12. The molecule has 1 unspecified atom stereocenters. The third kappa shape index (κ3) is 4.35. The summed E-state index contributed by atoms with van der Waals surface area (Å²) in [7, 11) is 0. The summed E-state index contributed by atoms with van der Waals surface area (Å²) in [5.41, 5.74) is 1.42. The lowest BCUT2D eigenvalue weighted by molar-refractivity contribution is 0.0928. The van der Waals surface area contributed by atoms with Gasteiger partial charge in [0.2, 0.25) is 0 Å². The molecule has 0 aliphatic carbocycles. The Morgan fingerprint density at radius 2 is 2.11 bits per heavy atom. The van der Waals surface area contributed by atoms with Crippen molar-refractivity contribution in [3.8, 4) is 0 Å². The average molecular weight is 249 g/mol. The van der Waals surface area contributed by atoms with Gasteiger partial charge in [-0.3, -0.25) is 4.79 Å². The number of nitrogens with one attached hydrogen (secondary N) is 2. The number of aromatic nitrogens is 1. The zero-order chi connectivity index (χ0) is 13.4. The van der Waals surface area contributed by atoms with E-state index in [9.17, 15) is 4.79 Å². The molecule has 1 amide bonds. The summed E-state index contributed by atoms with van der Waals surface area (Å²) in [5, 5.41) is 6.17. The molecule has 0 fully saturated rings. The van der Waals surface area contributed by atoms with Gasteiger partial charge in [0.1, 0.15) is 5.69 Å². The van der Waals surface area contributed by atoms with Crippen molar-refractivity contribution in [2.75, 3.05) is 11.9 Å². The number of anilines is 1. The van der Waals surface area contributed by atoms with Crippen molar-refractivity contribution in [1.29, 1.82) is 0 Å². The molecular weight excluding hydrogens is 226 g/mol. The van der Waals surface area contributed by atoms with E-state index in [4.69, 9.17) is 0 Å². The van der Waals surface area contributed by atoms with E-state index in [1.807, 2.05) is 13.0 Å². The molecule has 18 heavy (non-hydrogen) atoms. The first kappa shape index (κ1) is 14.5. The van der Waals surface area contributed by atoms with E-state index in [1.54, 1.807) is 12.3 Å². The van der Waals surface area contributed by atoms with Crippen molar-refractivity contribution in [2.24, 2.45) is 0 Å². The third-order valence-corrected chi connectivity index (χ3v) is 2.84. The largest absolute Gasteiger partial charge is 0.384 e. The van der Waals surface area contributed by atoms with Gasteiger partial charge >= 0.3 is 0 Å². The summed E-state index contributed by atoms with van der Waals surface area (Å²) < 4.78 is 0. The van der Waals surface area contributed by atoms with Gasteiger partial charge < -0.3 is 10.6 Å². The van der Waals surface area contributed by atoms with Crippen LogP contribution in [0.3, 0.4) is 0 Å². The Balaban J connectivity index is 2.60. The van der Waals surface area contributed by atoms with Gasteiger partial charge in [0.05, 0.1) is 11.9 Å². The quantitative estimate of drug-likeness (QED) is 0.781. The van der Waals surface area contributed by atoms with Gasteiger partial charge in [-0.15, -0.1) is 0 Å².